The molecule has 0 amide bonds. The molecule has 0 bridgehead atoms. The number of rotatable bonds is 5. The first-order chi connectivity index (χ1) is 9.05. The average Bonchev–Trinajstić information content (AvgIpc) is 2.81. The first-order valence-electron chi connectivity index (χ1n) is 5.49. The van der Waals surface area contributed by atoms with Crippen LogP contribution in [0.2, 0.25) is 0 Å². The lowest BCUT2D eigenvalue weighted by Crippen LogP contribution is -2.44. The van der Waals surface area contributed by atoms with Gasteiger partial charge in [0.05, 0.1) is 6.54 Å². The van der Waals surface area contributed by atoms with Crippen LogP contribution in [0.15, 0.2) is 30.9 Å². The Labute approximate surface area is 107 Å². The predicted molar refractivity (Wildman–Crippen MR) is 62.5 cm³/mol. The van der Waals surface area contributed by atoms with E-state index in [1.807, 2.05) is 0 Å². The van der Waals surface area contributed by atoms with Crippen LogP contribution in [0.1, 0.15) is 5.56 Å². The highest BCUT2D eigenvalue weighted by Crippen LogP contribution is 2.25. The van der Waals surface area contributed by atoms with Gasteiger partial charge in [-0.15, -0.1) is 0 Å². The van der Waals surface area contributed by atoms with Crippen molar-refractivity contribution in [2.24, 2.45) is 5.84 Å². The molecule has 1 atom stereocenters. The normalized spacial score (nSPS) is 14.3. The Morgan fingerprint density at radius 3 is 2.79 bits per heavy atom. The van der Waals surface area contributed by atoms with E-state index in [4.69, 9.17) is 5.84 Å². The van der Waals surface area contributed by atoms with Crippen molar-refractivity contribution in [3.05, 3.63) is 48.1 Å². The highest BCUT2D eigenvalue weighted by atomic mass is 19.1. The van der Waals surface area contributed by atoms with Gasteiger partial charge in [-0.2, -0.15) is 5.10 Å². The summed E-state index contributed by atoms with van der Waals surface area (Å²) in [5, 5.41) is 14.4. The minimum absolute atomic E-state index is 0.0673. The van der Waals surface area contributed by atoms with E-state index in [2.05, 4.69) is 15.5 Å². The van der Waals surface area contributed by atoms with Gasteiger partial charge in [0.15, 0.2) is 0 Å². The zero-order chi connectivity index (χ0) is 13.9. The quantitative estimate of drug-likeness (QED) is 0.521. The second kappa shape index (κ2) is 5.39. The number of nitrogens with zero attached hydrogens (tertiary/aromatic N) is 3. The first-order valence-corrected chi connectivity index (χ1v) is 5.49. The molecule has 0 saturated carbocycles. The molecule has 0 aliphatic heterocycles. The zero-order valence-electron chi connectivity index (χ0n) is 9.92. The van der Waals surface area contributed by atoms with Crippen LogP contribution in [0.5, 0.6) is 0 Å². The molecule has 1 aromatic carbocycles. The SMILES string of the molecule is NNCC(O)(Cn1cncn1)c1ccc(F)cc1F. The van der Waals surface area contributed by atoms with Crippen LogP contribution >= 0.6 is 0 Å². The minimum Gasteiger partial charge on any atom is -0.382 e. The van der Waals surface area contributed by atoms with Crippen LogP contribution in [0.4, 0.5) is 8.78 Å². The summed E-state index contributed by atoms with van der Waals surface area (Å²) in [7, 11) is 0. The summed E-state index contributed by atoms with van der Waals surface area (Å²) < 4.78 is 28.0. The second-order valence-corrected chi connectivity index (χ2v) is 4.13. The minimum atomic E-state index is -1.67. The molecule has 1 aromatic heterocycles. The summed E-state index contributed by atoms with van der Waals surface area (Å²) in [6.07, 6.45) is 2.67. The fraction of sp³-hybridized carbons (Fsp3) is 0.273. The van der Waals surface area contributed by atoms with Crippen molar-refractivity contribution in [1.29, 1.82) is 0 Å². The highest BCUT2D eigenvalue weighted by Gasteiger charge is 2.33. The maximum absolute atomic E-state index is 13.8. The Bertz CT molecular complexity index is 548. The average molecular weight is 269 g/mol. The molecular weight excluding hydrogens is 256 g/mol. The molecule has 2 aromatic rings. The van der Waals surface area contributed by atoms with E-state index in [0.29, 0.717) is 6.07 Å². The Balaban J connectivity index is 2.37. The van der Waals surface area contributed by atoms with Crippen LogP contribution in [0.3, 0.4) is 0 Å². The predicted octanol–water partition coefficient (Wildman–Crippen LogP) is -0.0926. The fourth-order valence-electron chi connectivity index (χ4n) is 1.85. The number of nitrogens with one attached hydrogen (secondary N) is 1. The molecular formula is C11H13F2N5O. The molecule has 0 spiro atoms. The van der Waals surface area contributed by atoms with Crippen molar-refractivity contribution >= 4 is 0 Å². The van der Waals surface area contributed by atoms with Gasteiger partial charge in [-0.3, -0.25) is 11.3 Å². The van der Waals surface area contributed by atoms with Crippen molar-refractivity contribution in [3.8, 4) is 0 Å². The lowest BCUT2D eigenvalue weighted by Gasteiger charge is -2.28. The van der Waals surface area contributed by atoms with Gasteiger partial charge >= 0.3 is 0 Å². The van der Waals surface area contributed by atoms with Crippen molar-refractivity contribution < 1.29 is 13.9 Å². The molecule has 6 nitrogen and oxygen atoms in total. The number of aliphatic hydroxyl groups is 1. The molecule has 4 N–H and O–H groups in total. The van der Waals surface area contributed by atoms with Gasteiger partial charge in [-0.25, -0.2) is 18.4 Å². The fourth-order valence-corrected chi connectivity index (χ4v) is 1.85. The topological polar surface area (TPSA) is 89.0 Å². The molecule has 0 saturated heterocycles. The number of nitrogens with two attached hydrogens (primary N) is 1. The van der Waals surface area contributed by atoms with Gasteiger partial charge in [0.25, 0.3) is 0 Å². The van der Waals surface area contributed by atoms with E-state index in [1.54, 1.807) is 0 Å². The second-order valence-electron chi connectivity index (χ2n) is 4.13. The molecule has 0 aliphatic carbocycles. The number of benzene rings is 1. The van der Waals surface area contributed by atoms with Crippen LogP contribution in [-0.4, -0.2) is 26.4 Å². The van der Waals surface area contributed by atoms with Crippen molar-refractivity contribution in [2.45, 2.75) is 12.1 Å². The first kappa shape index (κ1) is 13.5. The van der Waals surface area contributed by atoms with E-state index in [0.717, 1.165) is 6.07 Å². The summed E-state index contributed by atoms with van der Waals surface area (Å²) in [4.78, 5) is 3.73. The third-order valence-electron chi connectivity index (χ3n) is 2.72. The van der Waals surface area contributed by atoms with Crippen molar-refractivity contribution in [1.82, 2.24) is 20.2 Å². The van der Waals surface area contributed by atoms with E-state index in [1.165, 1.54) is 23.4 Å². The van der Waals surface area contributed by atoms with Crippen LogP contribution in [0, 0.1) is 11.6 Å². The maximum Gasteiger partial charge on any atom is 0.137 e. The molecule has 0 aliphatic rings. The van der Waals surface area contributed by atoms with Crippen LogP contribution in [0.25, 0.3) is 0 Å². The van der Waals surface area contributed by atoms with Gasteiger partial charge in [0.1, 0.15) is 29.9 Å². The van der Waals surface area contributed by atoms with Crippen LogP contribution in [-0.2, 0) is 12.1 Å². The third kappa shape index (κ3) is 2.92. The largest absolute Gasteiger partial charge is 0.382 e. The van der Waals surface area contributed by atoms with Gasteiger partial charge in [0, 0.05) is 18.2 Å². The highest BCUT2D eigenvalue weighted by molar-refractivity contribution is 5.25. The van der Waals surface area contributed by atoms with Crippen LogP contribution < -0.4 is 11.3 Å². The standard InChI is InChI=1S/C11H13F2N5O/c12-8-1-2-9(10(13)3-8)11(19,4-16-14)5-18-7-15-6-17-18/h1-3,6-7,16,19H,4-5,14H2. The lowest BCUT2D eigenvalue weighted by molar-refractivity contribution is 0.0122. The number of hydrogen-bond donors (Lipinski definition) is 3. The zero-order valence-corrected chi connectivity index (χ0v) is 9.92. The Hall–Kier alpha value is -1.90. The van der Waals surface area contributed by atoms with Crippen molar-refractivity contribution in [3.63, 3.8) is 0 Å². The summed E-state index contributed by atoms with van der Waals surface area (Å²) in [6.45, 7) is -0.199. The van der Waals surface area contributed by atoms with Gasteiger partial charge < -0.3 is 5.11 Å². The van der Waals surface area contributed by atoms with E-state index in [9.17, 15) is 13.9 Å². The summed E-state index contributed by atoms with van der Waals surface area (Å²) in [5.74, 6) is 3.64. The smallest absolute Gasteiger partial charge is 0.137 e. The summed E-state index contributed by atoms with van der Waals surface area (Å²) in [5.41, 5.74) is 0.555. The lowest BCUT2D eigenvalue weighted by atomic mass is 9.93. The summed E-state index contributed by atoms with van der Waals surface area (Å²) >= 11 is 0. The van der Waals surface area contributed by atoms with E-state index < -0.39 is 17.2 Å². The maximum atomic E-state index is 13.8. The molecule has 19 heavy (non-hydrogen) atoms. The Kier molecular flexibility index (Phi) is 3.84. The summed E-state index contributed by atoms with van der Waals surface area (Å²) in [6, 6.07) is 2.96. The third-order valence-corrected chi connectivity index (χ3v) is 2.72. The van der Waals surface area contributed by atoms with Gasteiger partial charge in [-0.1, -0.05) is 6.07 Å². The number of hydrogen-bond acceptors (Lipinski definition) is 5. The molecule has 8 heteroatoms. The molecule has 2 rings (SSSR count). The number of aromatic nitrogens is 3. The monoisotopic (exact) mass is 269 g/mol. The van der Waals surface area contributed by atoms with E-state index >= 15 is 0 Å². The van der Waals surface area contributed by atoms with E-state index in [-0.39, 0.29) is 18.7 Å². The Morgan fingerprint density at radius 1 is 1.42 bits per heavy atom. The molecule has 0 fully saturated rings. The molecule has 1 heterocycles. The molecule has 0 radical (unpaired) electrons. The number of hydrazine groups is 1. The Morgan fingerprint density at radius 2 is 2.21 bits per heavy atom. The van der Waals surface area contributed by atoms with Gasteiger partial charge in [-0.05, 0) is 6.07 Å². The number of halogens is 2. The van der Waals surface area contributed by atoms with Crippen molar-refractivity contribution in [2.75, 3.05) is 6.54 Å². The molecule has 102 valence electrons. The molecule has 1 unspecified atom stereocenters. The van der Waals surface area contributed by atoms with Gasteiger partial charge in [0.2, 0.25) is 0 Å².